The molecule has 19 heavy (non-hydrogen) atoms. The average molecular weight is 322 g/mol. The summed E-state index contributed by atoms with van der Waals surface area (Å²) in [6.45, 7) is 3.81. The van der Waals surface area contributed by atoms with Gasteiger partial charge in [0.1, 0.15) is 11.5 Å². The van der Waals surface area contributed by atoms with Crippen molar-refractivity contribution < 1.29 is 4.42 Å². The minimum Gasteiger partial charge on any atom is -0.453 e. The standard InChI is InChI=1S/C13H12BrN3O2/c1-6-11(16-7(2)15-6)10-4-8-12(19-10)9(14)5-17(3)13(8)18/h4-5H,1-3H3,(H,15,16). The quantitative estimate of drug-likeness (QED) is 0.749. The van der Waals surface area contributed by atoms with Gasteiger partial charge in [-0.3, -0.25) is 4.79 Å². The molecule has 1 N–H and O–H groups in total. The summed E-state index contributed by atoms with van der Waals surface area (Å²) in [5, 5.41) is 0.548. The molecule has 0 aliphatic carbocycles. The minimum atomic E-state index is -0.0851. The fraction of sp³-hybridized carbons (Fsp3) is 0.231. The van der Waals surface area contributed by atoms with Crippen molar-refractivity contribution in [1.29, 1.82) is 0 Å². The Morgan fingerprint density at radius 1 is 1.42 bits per heavy atom. The Labute approximate surface area is 117 Å². The van der Waals surface area contributed by atoms with Gasteiger partial charge in [0, 0.05) is 18.9 Å². The maximum atomic E-state index is 12.1. The predicted octanol–water partition coefficient (Wildman–Crippen LogP) is 2.90. The Morgan fingerprint density at radius 2 is 2.16 bits per heavy atom. The van der Waals surface area contributed by atoms with Crippen LogP contribution in [0.1, 0.15) is 11.5 Å². The molecule has 0 saturated carbocycles. The van der Waals surface area contributed by atoms with E-state index < -0.39 is 0 Å². The first-order valence-corrected chi connectivity index (χ1v) is 6.59. The average Bonchev–Trinajstić information content (AvgIpc) is 2.90. The molecule has 0 aromatic carbocycles. The lowest BCUT2D eigenvalue weighted by Gasteiger charge is -1.97. The zero-order valence-electron chi connectivity index (χ0n) is 10.7. The molecular formula is C13H12BrN3O2. The van der Waals surface area contributed by atoms with Gasteiger partial charge in [0.15, 0.2) is 11.3 Å². The molecule has 3 rings (SSSR count). The number of aromatic amines is 1. The number of halogens is 1. The molecule has 0 aliphatic rings. The molecule has 0 radical (unpaired) electrons. The third kappa shape index (κ3) is 1.83. The molecule has 0 spiro atoms. The van der Waals surface area contributed by atoms with Crippen molar-refractivity contribution in [2.45, 2.75) is 13.8 Å². The van der Waals surface area contributed by atoms with Crippen LogP contribution in [0.3, 0.4) is 0 Å². The Bertz CT molecular complexity index is 842. The smallest absolute Gasteiger partial charge is 0.261 e. The van der Waals surface area contributed by atoms with Gasteiger partial charge in [-0.25, -0.2) is 4.98 Å². The second-order valence-electron chi connectivity index (χ2n) is 4.54. The van der Waals surface area contributed by atoms with Crippen LogP contribution in [0.5, 0.6) is 0 Å². The summed E-state index contributed by atoms with van der Waals surface area (Å²) in [6.07, 6.45) is 1.70. The third-order valence-corrected chi connectivity index (χ3v) is 3.61. The van der Waals surface area contributed by atoms with E-state index in [0.717, 1.165) is 21.7 Å². The van der Waals surface area contributed by atoms with Crippen LogP contribution >= 0.6 is 15.9 Å². The number of furan rings is 1. The van der Waals surface area contributed by atoms with E-state index in [-0.39, 0.29) is 5.56 Å². The lowest BCUT2D eigenvalue weighted by Crippen LogP contribution is -2.15. The predicted molar refractivity (Wildman–Crippen MR) is 76.2 cm³/mol. The first kappa shape index (κ1) is 12.2. The highest BCUT2D eigenvalue weighted by atomic mass is 79.9. The molecule has 0 fully saturated rings. The largest absolute Gasteiger partial charge is 0.453 e. The maximum absolute atomic E-state index is 12.1. The molecule has 0 atom stereocenters. The van der Waals surface area contributed by atoms with E-state index >= 15 is 0 Å². The van der Waals surface area contributed by atoms with Crippen molar-refractivity contribution in [3.63, 3.8) is 0 Å². The van der Waals surface area contributed by atoms with Crippen LogP contribution in [-0.4, -0.2) is 14.5 Å². The Kier molecular flexibility index (Phi) is 2.63. The molecule has 5 nitrogen and oxygen atoms in total. The van der Waals surface area contributed by atoms with Crippen LogP contribution in [-0.2, 0) is 7.05 Å². The number of aryl methyl sites for hydroxylation is 3. The number of rotatable bonds is 1. The molecule has 0 saturated heterocycles. The summed E-state index contributed by atoms with van der Waals surface area (Å²) < 4.78 is 8.05. The molecule has 6 heteroatoms. The number of H-pyrrole nitrogens is 1. The summed E-state index contributed by atoms with van der Waals surface area (Å²) in [5.41, 5.74) is 2.13. The monoisotopic (exact) mass is 321 g/mol. The van der Waals surface area contributed by atoms with Crippen LogP contribution in [0.4, 0.5) is 0 Å². The molecule has 0 aliphatic heterocycles. The number of pyridine rings is 1. The van der Waals surface area contributed by atoms with Crippen molar-refractivity contribution >= 4 is 26.9 Å². The minimum absolute atomic E-state index is 0.0851. The van der Waals surface area contributed by atoms with Gasteiger partial charge in [0.25, 0.3) is 5.56 Å². The van der Waals surface area contributed by atoms with E-state index in [0.29, 0.717) is 16.7 Å². The van der Waals surface area contributed by atoms with E-state index in [2.05, 4.69) is 25.9 Å². The number of hydrogen-bond acceptors (Lipinski definition) is 3. The Balaban J connectivity index is 2.34. The normalized spacial score (nSPS) is 11.4. The Morgan fingerprint density at radius 3 is 2.79 bits per heavy atom. The molecule has 0 amide bonds. The summed E-state index contributed by atoms with van der Waals surface area (Å²) >= 11 is 3.41. The topological polar surface area (TPSA) is 63.8 Å². The lowest BCUT2D eigenvalue weighted by atomic mass is 10.2. The zero-order valence-corrected chi connectivity index (χ0v) is 12.3. The number of aromatic nitrogens is 3. The highest BCUT2D eigenvalue weighted by Gasteiger charge is 2.16. The first-order valence-electron chi connectivity index (χ1n) is 5.79. The van der Waals surface area contributed by atoms with Gasteiger partial charge >= 0.3 is 0 Å². The van der Waals surface area contributed by atoms with E-state index in [1.165, 1.54) is 4.57 Å². The van der Waals surface area contributed by atoms with Crippen LogP contribution < -0.4 is 5.56 Å². The fourth-order valence-electron chi connectivity index (χ4n) is 2.17. The summed E-state index contributed by atoms with van der Waals surface area (Å²) in [7, 11) is 1.71. The highest BCUT2D eigenvalue weighted by Crippen LogP contribution is 2.30. The number of fused-ring (bicyclic) bond motifs is 1. The fourth-order valence-corrected chi connectivity index (χ4v) is 2.77. The van der Waals surface area contributed by atoms with Gasteiger partial charge < -0.3 is 14.0 Å². The van der Waals surface area contributed by atoms with Crippen molar-refractivity contribution in [1.82, 2.24) is 14.5 Å². The summed E-state index contributed by atoms with van der Waals surface area (Å²) in [4.78, 5) is 19.6. The third-order valence-electron chi connectivity index (χ3n) is 3.04. The van der Waals surface area contributed by atoms with Crippen LogP contribution in [0, 0.1) is 13.8 Å². The molecule has 0 unspecified atom stereocenters. The van der Waals surface area contributed by atoms with Gasteiger partial charge in [0.05, 0.1) is 9.86 Å². The van der Waals surface area contributed by atoms with Gasteiger partial charge in [0.2, 0.25) is 0 Å². The number of nitrogens with one attached hydrogen (secondary N) is 1. The van der Waals surface area contributed by atoms with Crippen molar-refractivity contribution in [2.75, 3.05) is 0 Å². The molecule has 3 aromatic rings. The zero-order chi connectivity index (χ0) is 13.7. The number of imidazole rings is 1. The lowest BCUT2D eigenvalue weighted by molar-refractivity contribution is 0.624. The van der Waals surface area contributed by atoms with E-state index in [4.69, 9.17) is 4.42 Å². The number of nitrogens with zero attached hydrogens (tertiary/aromatic N) is 2. The van der Waals surface area contributed by atoms with Gasteiger partial charge in [-0.05, 0) is 35.8 Å². The van der Waals surface area contributed by atoms with Gasteiger partial charge in [-0.1, -0.05) is 0 Å². The summed E-state index contributed by atoms with van der Waals surface area (Å²) in [5.74, 6) is 1.42. The highest BCUT2D eigenvalue weighted by molar-refractivity contribution is 9.10. The van der Waals surface area contributed by atoms with E-state index in [9.17, 15) is 4.79 Å². The van der Waals surface area contributed by atoms with Crippen LogP contribution in [0.25, 0.3) is 22.4 Å². The maximum Gasteiger partial charge on any atom is 0.261 e. The number of hydrogen-bond donors (Lipinski definition) is 1. The second-order valence-corrected chi connectivity index (χ2v) is 5.40. The SMILES string of the molecule is Cc1nc(-c2cc3c(=O)n(C)cc(Br)c3o2)c(C)[nH]1. The van der Waals surface area contributed by atoms with Crippen molar-refractivity contribution in [2.24, 2.45) is 7.05 Å². The van der Waals surface area contributed by atoms with Crippen LogP contribution in [0.2, 0.25) is 0 Å². The summed E-state index contributed by atoms with van der Waals surface area (Å²) in [6, 6.07) is 1.74. The van der Waals surface area contributed by atoms with Gasteiger partial charge in [-0.15, -0.1) is 0 Å². The van der Waals surface area contributed by atoms with E-state index in [1.807, 2.05) is 13.8 Å². The molecule has 3 aromatic heterocycles. The molecular weight excluding hydrogens is 310 g/mol. The van der Waals surface area contributed by atoms with Crippen molar-refractivity contribution in [3.05, 3.63) is 38.6 Å². The molecule has 0 bridgehead atoms. The molecule has 98 valence electrons. The Hall–Kier alpha value is -1.82. The van der Waals surface area contributed by atoms with E-state index in [1.54, 1.807) is 19.3 Å². The first-order chi connectivity index (χ1) is 8.97. The molecule has 3 heterocycles. The van der Waals surface area contributed by atoms with Gasteiger partial charge in [-0.2, -0.15) is 0 Å². The second kappa shape index (κ2) is 4.09. The van der Waals surface area contributed by atoms with Crippen molar-refractivity contribution in [3.8, 4) is 11.5 Å². The van der Waals surface area contributed by atoms with Crippen LogP contribution in [0.15, 0.2) is 25.9 Å².